The van der Waals surface area contributed by atoms with Crippen molar-refractivity contribution in [3.8, 4) is 0 Å². The lowest BCUT2D eigenvalue weighted by Gasteiger charge is -2.09. The first-order valence-corrected chi connectivity index (χ1v) is 8.21. The van der Waals surface area contributed by atoms with Gasteiger partial charge in [-0.25, -0.2) is 0 Å². The number of carbonyl (C=O) groups is 1. The third-order valence-electron chi connectivity index (χ3n) is 3.32. The second-order valence-electron chi connectivity index (χ2n) is 5.28. The monoisotopic (exact) mass is 373 g/mol. The summed E-state index contributed by atoms with van der Waals surface area (Å²) in [5, 5.41) is 11.3. The number of rotatable bonds is 4. The Balaban J connectivity index is 1.67. The van der Waals surface area contributed by atoms with Gasteiger partial charge in [-0.2, -0.15) is 13.2 Å². The number of halogens is 4. The Kier molecular flexibility index (Phi) is 4.60. The second-order valence-corrected chi connectivity index (χ2v) is 6.70. The number of nitrogens with zero attached hydrogens (tertiary/aromatic N) is 2. The Bertz CT molecular complexity index is 800. The maximum atomic E-state index is 12.8. The van der Waals surface area contributed by atoms with Crippen LogP contribution in [0.3, 0.4) is 0 Å². The zero-order valence-corrected chi connectivity index (χ0v) is 13.7. The molecule has 1 aromatic carbocycles. The fraction of sp³-hybridized carbons (Fsp3) is 0.267. The van der Waals surface area contributed by atoms with Crippen molar-refractivity contribution in [1.82, 2.24) is 10.2 Å². The van der Waals surface area contributed by atoms with Crippen LogP contribution in [0.1, 0.15) is 34.9 Å². The van der Waals surface area contributed by atoms with Crippen LogP contribution in [0, 0.1) is 0 Å². The first kappa shape index (κ1) is 16.9. The lowest BCUT2D eigenvalue weighted by molar-refractivity contribution is -0.137. The van der Waals surface area contributed by atoms with Crippen molar-refractivity contribution in [2.75, 3.05) is 5.32 Å². The van der Waals surface area contributed by atoms with Crippen LogP contribution in [0.4, 0.5) is 18.3 Å². The van der Waals surface area contributed by atoms with Gasteiger partial charge in [0.25, 0.3) is 0 Å². The third kappa shape index (κ3) is 4.12. The number of hydrogen-bond donors (Lipinski definition) is 1. The molecule has 0 atom stereocenters. The van der Waals surface area contributed by atoms with Crippen molar-refractivity contribution >= 4 is 40.1 Å². The molecule has 126 valence electrons. The molecule has 1 saturated carbocycles. The van der Waals surface area contributed by atoms with E-state index >= 15 is 0 Å². The number of benzene rings is 1. The summed E-state index contributed by atoms with van der Waals surface area (Å²) < 4.78 is 38.4. The van der Waals surface area contributed by atoms with Crippen LogP contribution in [0.15, 0.2) is 24.3 Å². The summed E-state index contributed by atoms with van der Waals surface area (Å²) >= 11 is 6.85. The molecule has 0 bridgehead atoms. The molecule has 4 nitrogen and oxygen atoms in total. The van der Waals surface area contributed by atoms with Crippen molar-refractivity contribution in [3.63, 3.8) is 0 Å². The van der Waals surface area contributed by atoms with Crippen molar-refractivity contribution < 1.29 is 18.0 Å². The Labute approximate surface area is 144 Å². The quantitative estimate of drug-likeness (QED) is 0.787. The molecule has 3 rings (SSSR count). The minimum Gasteiger partial charge on any atom is -0.297 e. The molecule has 1 aliphatic rings. The van der Waals surface area contributed by atoms with E-state index in [4.69, 9.17) is 11.6 Å². The van der Waals surface area contributed by atoms with Crippen molar-refractivity contribution in [3.05, 3.63) is 45.4 Å². The van der Waals surface area contributed by atoms with Gasteiger partial charge in [0.15, 0.2) is 0 Å². The van der Waals surface area contributed by atoms with E-state index < -0.39 is 17.6 Å². The Morgan fingerprint density at radius 3 is 2.75 bits per heavy atom. The summed E-state index contributed by atoms with van der Waals surface area (Å²) in [4.78, 5) is 11.8. The van der Waals surface area contributed by atoms with Gasteiger partial charge in [0.2, 0.25) is 11.0 Å². The Morgan fingerprint density at radius 1 is 1.33 bits per heavy atom. The van der Waals surface area contributed by atoms with E-state index in [0.717, 1.165) is 36.1 Å². The Morgan fingerprint density at radius 2 is 2.08 bits per heavy atom. The molecule has 1 aliphatic carbocycles. The van der Waals surface area contributed by atoms with Crippen LogP contribution < -0.4 is 5.32 Å². The van der Waals surface area contributed by atoms with Gasteiger partial charge in [0.05, 0.1) is 10.6 Å². The molecular weight excluding hydrogens is 363 g/mol. The highest BCUT2D eigenvalue weighted by molar-refractivity contribution is 7.15. The number of alkyl halides is 3. The maximum Gasteiger partial charge on any atom is 0.417 e. The van der Waals surface area contributed by atoms with Crippen LogP contribution in [0.2, 0.25) is 5.02 Å². The summed E-state index contributed by atoms with van der Waals surface area (Å²) in [5.41, 5.74) is -0.720. The van der Waals surface area contributed by atoms with Crippen molar-refractivity contribution in [2.45, 2.75) is 24.9 Å². The molecule has 0 spiro atoms. The van der Waals surface area contributed by atoms with Crippen molar-refractivity contribution in [2.24, 2.45) is 0 Å². The highest BCUT2D eigenvalue weighted by Gasteiger charge is 2.33. The summed E-state index contributed by atoms with van der Waals surface area (Å²) in [6, 6.07) is 3.44. The van der Waals surface area contributed by atoms with Crippen LogP contribution in [-0.2, 0) is 11.0 Å². The number of anilines is 1. The van der Waals surface area contributed by atoms with E-state index in [2.05, 4.69) is 15.5 Å². The molecule has 0 saturated heterocycles. The van der Waals surface area contributed by atoms with Crippen LogP contribution in [0.25, 0.3) is 6.08 Å². The highest BCUT2D eigenvalue weighted by atomic mass is 35.5. The lowest BCUT2D eigenvalue weighted by Crippen LogP contribution is -2.08. The number of hydrogen-bond acceptors (Lipinski definition) is 4. The zero-order chi connectivity index (χ0) is 17.3. The van der Waals surface area contributed by atoms with Crippen LogP contribution in [-0.4, -0.2) is 16.1 Å². The molecule has 2 aromatic rings. The average Bonchev–Trinajstić information content (AvgIpc) is 3.26. The topological polar surface area (TPSA) is 54.9 Å². The normalized spacial score (nSPS) is 15.0. The molecule has 0 radical (unpaired) electrons. The van der Waals surface area contributed by atoms with Gasteiger partial charge in [0, 0.05) is 12.0 Å². The molecular formula is C15H11ClF3N3OS. The van der Waals surface area contributed by atoms with Crippen molar-refractivity contribution in [1.29, 1.82) is 0 Å². The minimum atomic E-state index is -4.55. The fourth-order valence-electron chi connectivity index (χ4n) is 1.96. The lowest BCUT2D eigenvalue weighted by atomic mass is 10.1. The minimum absolute atomic E-state index is 0.220. The van der Waals surface area contributed by atoms with Gasteiger partial charge in [0.1, 0.15) is 5.01 Å². The number of nitrogens with one attached hydrogen (secondary N) is 1. The van der Waals surface area contributed by atoms with Gasteiger partial charge in [-0.1, -0.05) is 29.0 Å². The van der Waals surface area contributed by atoms with Gasteiger partial charge in [-0.15, -0.1) is 10.2 Å². The van der Waals surface area contributed by atoms with Gasteiger partial charge >= 0.3 is 6.18 Å². The molecule has 1 heterocycles. The maximum absolute atomic E-state index is 12.8. The summed E-state index contributed by atoms with van der Waals surface area (Å²) in [5.74, 6) is -0.0458. The van der Waals surface area contributed by atoms with Crippen LogP contribution in [0.5, 0.6) is 0 Å². The molecule has 1 fully saturated rings. The molecule has 1 N–H and O–H groups in total. The molecule has 1 aromatic heterocycles. The van der Waals surface area contributed by atoms with E-state index in [9.17, 15) is 18.0 Å². The smallest absolute Gasteiger partial charge is 0.297 e. The largest absolute Gasteiger partial charge is 0.417 e. The average molecular weight is 374 g/mol. The fourth-order valence-corrected chi connectivity index (χ4v) is 3.10. The Hall–Kier alpha value is -1.93. The SMILES string of the molecule is O=C(/C=C/c1ccc(Cl)c(C(F)(F)F)c1)Nc1nnc(C2CC2)s1. The first-order valence-electron chi connectivity index (χ1n) is 7.02. The second kappa shape index (κ2) is 6.52. The molecule has 9 heteroatoms. The van der Waals surface area contributed by atoms with Crippen LogP contribution >= 0.6 is 22.9 Å². The molecule has 1 amide bonds. The van der Waals surface area contributed by atoms with Gasteiger partial charge < -0.3 is 0 Å². The predicted octanol–water partition coefficient (Wildman–Crippen LogP) is 4.74. The molecule has 24 heavy (non-hydrogen) atoms. The molecule has 0 aliphatic heterocycles. The van der Waals surface area contributed by atoms with Gasteiger partial charge in [-0.3, -0.25) is 10.1 Å². The summed E-state index contributed by atoms with van der Waals surface area (Å²) in [7, 11) is 0. The van der Waals surface area contributed by atoms with E-state index in [0.29, 0.717) is 11.0 Å². The predicted molar refractivity (Wildman–Crippen MR) is 86.0 cm³/mol. The number of carbonyl (C=O) groups excluding carboxylic acids is 1. The first-order chi connectivity index (χ1) is 11.3. The van der Waals surface area contributed by atoms with E-state index in [1.165, 1.54) is 23.5 Å². The number of aromatic nitrogens is 2. The number of amides is 1. The van der Waals surface area contributed by atoms with E-state index in [-0.39, 0.29) is 10.6 Å². The zero-order valence-electron chi connectivity index (χ0n) is 12.1. The van der Waals surface area contributed by atoms with Gasteiger partial charge in [-0.05, 0) is 36.6 Å². The third-order valence-corrected chi connectivity index (χ3v) is 4.65. The summed E-state index contributed by atoms with van der Waals surface area (Å²) in [6.45, 7) is 0. The summed E-state index contributed by atoms with van der Waals surface area (Å²) in [6.07, 6.45) is 0.0431. The highest BCUT2D eigenvalue weighted by Crippen LogP contribution is 2.42. The molecule has 0 unspecified atom stereocenters. The van der Waals surface area contributed by atoms with E-state index in [1.807, 2.05) is 0 Å². The standard InChI is InChI=1S/C15H11ClF3N3OS/c16-11-5-1-8(7-10(11)15(17,18)19)2-6-12(23)20-14-22-21-13(24-14)9-3-4-9/h1-2,5-7,9H,3-4H2,(H,20,22,23)/b6-2+. The van der Waals surface area contributed by atoms with E-state index in [1.54, 1.807) is 0 Å².